The molecule has 6 aliphatic rings. The minimum absolute atomic E-state index is 0.00543. The molecule has 17 heteroatoms. The lowest BCUT2D eigenvalue weighted by atomic mass is 9.81. The predicted octanol–water partition coefficient (Wildman–Crippen LogP) is 13.0. The van der Waals surface area contributed by atoms with Crippen LogP contribution in [0, 0.1) is 13.8 Å². The van der Waals surface area contributed by atoms with Gasteiger partial charge in [0.05, 0.1) is 22.8 Å². The summed E-state index contributed by atoms with van der Waals surface area (Å²) in [6.07, 6.45) is 19.7. The lowest BCUT2D eigenvalue weighted by Gasteiger charge is -2.30. The molecule has 0 unspecified atom stereocenters. The second-order valence-electron chi connectivity index (χ2n) is 21.5. The minimum Gasteiger partial charge on any atom is -0.342 e. The van der Waals surface area contributed by atoms with E-state index >= 15 is 0 Å². The molecule has 4 fully saturated rings. The van der Waals surface area contributed by atoms with Crippen LogP contribution in [0.3, 0.4) is 0 Å². The molecule has 4 amide bonds. The Labute approximate surface area is 476 Å². The number of rotatable bonds is 5. The molecule has 14 nitrogen and oxygen atoms in total. The number of hydrogen-bond donors (Lipinski definition) is 1. The number of nitrogens with zero attached hydrogens (tertiary/aromatic N) is 5. The molecular formula is C62H69Cl3N6O8. The number of likely N-dealkylation sites (tertiary alicyclic amines) is 2. The first kappa shape index (κ1) is 58.6. The first-order chi connectivity index (χ1) is 38.3. The molecule has 1 N–H and O–H groups in total. The van der Waals surface area contributed by atoms with E-state index in [4.69, 9.17) is 54.0 Å². The molecule has 0 bridgehead atoms. The average molecular weight is 1130 g/mol. The monoisotopic (exact) mass is 1130 g/mol. The van der Waals surface area contributed by atoms with E-state index in [2.05, 4.69) is 76.8 Å². The van der Waals surface area contributed by atoms with Crippen LogP contribution in [0.2, 0.25) is 10.0 Å². The van der Waals surface area contributed by atoms with Crippen molar-refractivity contribution >= 4 is 104 Å². The predicted molar refractivity (Wildman–Crippen MR) is 308 cm³/mol. The number of fused-ring (bicyclic) bond motifs is 10. The van der Waals surface area contributed by atoms with Crippen molar-refractivity contribution in [3.8, 4) is 22.5 Å². The van der Waals surface area contributed by atoms with Gasteiger partial charge in [0.2, 0.25) is 23.6 Å². The molecule has 2 saturated carbocycles. The van der Waals surface area contributed by atoms with Crippen LogP contribution in [0.1, 0.15) is 137 Å². The fraction of sp³-hybridized carbons (Fsp3) is 0.452. The number of hydrogen-bond acceptors (Lipinski definition) is 8. The van der Waals surface area contributed by atoms with Gasteiger partial charge in [0, 0.05) is 69.2 Å². The Kier molecular flexibility index (Phi) is 20.5. The molecule has 0 atom stereocenters. The van der Waals surface area contributed by atoms with Crippen LogP contribution in [-0.2, 0) is 51.4 Å². The van der Waals surface area contributed by atoms with Crippen molar-refractivity contribution in [2.45, 2.75) is 142 Å². The van der Waals surface area contributed by atoms with Crippen LogP contribution in [0.25, 0.3) is 44.3 Å². The lowest BCUT2D eigenvalue weighted by molar-refractivity contribution is -0.193. The van der Waals surface area contributed by atoms with Crippen molar-refractivity contribution in [2.24, 2.45) is 0 Å². The van der Waals surface area contributed by atoms with Gasteiger partial charge in [-0.3, -0.25) is 19.2 Å². The zero-order valence-electron chi connectivity index (χ0n) is 45.2. The van der Waals surface area contributed by atoms with Gasteiger partial charge in [0.25, 0.3) is 0 Å². The normalized spacial score (nSPS) is 17.1. The van der Waals surface area contributed by atoms with Crippen molar-refractivity contribution in [3.63, 3.8) is 0 Å². The zero-order valence-corrected chi connectivity index (χ0v) is 47.5. The number of aromatic nitrogens is 2. The van der Waals surface area contributed by atoms with Crippen LogP contribution < -0.4 is 10.2 Å². The van der Waals surface area contributed by atoms with Gasteiger partial charge in [-0.05, 0) is 161 Å². The van der Waals surface area contributed by atoms with Gasteiger partial charge in [-0.2, -0.15) is 19.2 Å². The number of anilines is 2. The number of piperidine rings is 2. The number of carbonyl (C=O) groups is 4. The Morgan fingerprint density at radius 1 is 0.557 bits per heavy atom. The summed E-state index contributed by atoms with van der Waals surface area (Å²) in [6, 6.07) is 25.0. The van der Waals surface area contributed by atoms with Crippen molar-refractivity contribution in [2.75, 3.05) is 48.8 Å². The van der Waals surface area contributed by atoms with Crippen molar-refractivity contribution < 1.29 is 38.4 Å². The maximum absolute atomic E-state index is 13.9. The van der Waals surface area contributed by atoms with Crippen LogP contribution in [-0.4, -0.2) is 93.5 Å². The summed E-state index contributed by atoms with van der Waals surface area (Å²) in [5.74, 6) is 1.22. The van der Waals surface area contributed by atoms with E-state index in [9.17, 15) is 19.2 Å². The third-order valence-corrected chi connectivity index (χ3v) is 17.0. The SMILES string of the molecule is Cc1ccc2c(C3CCCCC3)c3n(c2c1)CC(=O)N(CC(=O)N1CCCCC1)c1cc(Cl)ccc1-3.Cc1ccc2c(C3CCCCC3)c3n(c2c1)CC(=O)Nc1cc(Cl)ccc1-3.O=C(CCl)N1CCCCC1.O=C=O.O=C=O. The number of amides is 4. The molecule has 6 aromatic rings. The second-order valence-corrected chi connectivity index (χ2v) is 22.6. The largest absolute Gasteiger partial charge is 0.373 e. The molecule has 2 saturated heterocycles. The van der Waals surface area contributed by atoms with Crippen LogP contribution >= 0.6 is 34.8 Å². The van der Waals surface area contributed by atoms with E-state index in [-0.39, 0.29) is 54.9 Å². The number of alkyl halides is 1. The first-order valence-electron chi connectivity index (χ1n) is 27.9. The number of aryl methyl sites for hydroxylation is 2. The average Bonchev–Trinajstić information content (AvgIpc) is 4.09. The van der Waals surface area contributed by atoms with E-state index in [0.29, 0.717) is 28.4 Å². The zero-order chi connectivity index (χ0) is 56.2. The Hall–Kier alpha value is -6.53. The molecule has 6 heterocycles. The van der Waals surface area contributed by atoms with Gasteiger partial charge in [0.15, 0.2) is 0 Å². The quantitative estimate of drug-likeness (QED) is 0.166. The lowest BCUT2D eigenvalue weighted by Crippen LogP contribution is -2.45. The molecule has 0 radical (unpaired) electrons. The van der Waals surface area contributed by atoms with Gasteiger partial charge in [0.1, 0.15) is 25.5 Å². The summed E-state index contributed by atoms with van der Waals surface area (Å²) >= 11 is 18.1. The summed E-state index contributed by atoms with van der Waals surface area (Å²) in [4.78, 5) is 88.7. The molecule has 2 aromatic heterocycles. The molecular weight excluding hydrogens is 1060 g/mol. The van der Waals surface area contributed by atoms with Gasteiger partial charge < -0.3 is 29.2 Å². The third-order valence-electron chi connectivity index (χ3n) is 16.3. The van der Waals surface area contributed by atoms with Gasteiger partial charge in [-0.15, -0.1) is 11.6 Å². The Morgan fingerprint density at radius 3 is 1.51 bits per heavy atom. The van der Waals surface area contributed by atoms with E-state index in [0.717, 1.165) is 92.0 Å². The Bertz CT molecular complexity index is 3250. The summed E-state index contributed by atoms with van der Waals surface area (Å²) in [7, 11) is 0. The molecule has 416 valence electrons. The molecule has 0 spiro atoms. The molecule has 2 aliphatic carbocycles. The smallest absolute Gasteiger partial charge is 0.342 e. The van der Waals surface area contributed by atoms with Crippen molar-refractivity contribution in [1.82, 2.24) is 18.9 Å². The van der Waals surface area contributed by atoms with Crippen molar-refractivity contribution in [1.29, 1.82) is 0 Å². The van der Waals surface area contributed by atoms with E-state index in [1.165, 1.54) is 115 Å². The number of benzene rings is 4. The highest BCUT2D eigenvalue weighted by molar-refractivity contribution is 6.31. The van der Waals surface area contributed by atoms with Crippen LogP contribution in [0.5, 0.6) is 0 Å². The maximum Gasteiger partial charge on any atom is 0.373 e. The maximum atomic E-state index is 13.9. The van der Waals surface area contributed by atoms with Crippen LogP contribution in [0.4, 0.5) is 11.4 Å². The van der Waals surface area contributed by atoms with Gasteiger partial charge >= 0.3 is 12.3 Å². The topological polar surface area (TPSA) is 168 Å². The Balaban J connectivity index is 0.000000167. The van der Waals surface area contributed by atoms with Gasteiger partial charge in [-0.1, -0.05) is 86.0 Å². The molecule has 4 aliphatic heterocycles. The third kappa shape index (κ3) is 13.6. The van der Waals surface area contributed by atoms with E-state index < -0.39 is 0 Å². The molecule has 12 rings (SSSR count). The highest BCUT2D eigenvalue weighted by Crippen LogP contribution is 2.49. The fourth-order valence-corrected chi connectivity index (χ4v) is 13.2. The summed E-state index contributed by atoms with van der Waals surface area (Å²) in [6.45, 7) is 8.22. The summed E-state index contributed by atoms with van der Waals surface area (Å²) < 4.78 is 4.44. The Morgan fingerprint density at radius 2 is 1.00 bits per heavy atom. The number of halogens is 3. The highest BCUT2D eigenvalue weighted by atomic mass is 35.5. The fourth-order valence-electron chi connectivity index (χ4n) is 12.7. The van der Waals surface area contributed by atoms with E-state index in [1.807, 2.05) is 34.1 Å². The number of carbonyl (C=O) groups excluding carboxylic acids is 8. The summed E-state index contributed by atoms with van der Waals surface area (Å²) in [5.41, 5.74) is 13.5. The van der Waals surface area contributed by atoms with Gasteiger partial charge in [-0.25, -0.2) is 0 Å². The minimum atomic E-state index is -0.0590. The molecule has 4 aromatic carbocycles. The first-order valence-corrected chi connectivity index (χ1v) is 29.1. The molecule has 79 heavy (non-hydrogen) atoms. The van der Waals surface area contributed by atoms with Crippen LogP contribution in [0.15, 0.2) is 72.8 Å². The standard InChI is InChI=1S/C30H34ClN3O2.C23H23ClN2O.C7H12ClNO.2CO2/c1-20-10-12-23-25(16-20)34-19-28(36)33(18-27(35)32-14-6-3-7-15-32)26-17-22(31)11-13-24(26)30(34)29(23)21-8-4-2-5-9-21;1-14-7-9-18-20(11-14)26-13-21(27)25-19-12-16(24)8-10-17(19)23(26)22(18)15-5-3-2-4-6-15;8-6-7(10)9-4-2-1-3-5-9;2*2-1-3/h10-13,16-17,21H,2-9,14-15,18-19H2,1H3;7-12,15H,2-6,13H2,1H3,(H,25,27);1-6H2;;. The second kappa shape index (κ2) is 27.6. The number of nitrogens with one attached hydrogen (secondary N) is 1. The summed E-state index contributed by atoms with van der Waals surface area (Å²) in [5, 5.41) is 6.85. The van der Waals surface area contributed by atoms with E-state index in [1.54, 1.807) is 4.90 Å². The highest BCUT2D eigenvalue weighted by Gasteiger charge is 2.35. The van der Waals surface area contributed by atoms with Crippen molar-refractivity contribution in [3.05, 3.63) is 105 Å².